The Bertz CT molecular complexity index is 1570. The maximum absolute atomic E-state index is 13.0. The third-order valence-electron chi connectivity index (χ3n) is 6.29. The minimum Gasteiger partial charge on any atom is -0.337 e. The molecule has 184 valence electrons. The van der Waals surface area contributed by atoms with E-state index < -0.39 is 10.0 Å². The van der Waals surface area contributed by atoms with Gasteiger partial charge in [-0.1, -0.05) is 39.0 Å². The van der Waals surface area contributed by atoms with Crippen molar-refractivity contribution in [2.75, 3.05) is 11.8 Å². The number of sulfonamides is 1. The van der Waals surface area contributed by atoms with Crippen molar-refractivity contribution in [2.45, 2.75) is 37.6 Å². The molecule has 0 spiro atoms. The van der Waals surface area contributed by atoms with Crippen LogP contribution >= 0.6 is 11.3 Å². The highest BCUT2D eigenvalue weighted by molar-refractivity contribution is 7.92. The molecule has 36 heavy (non-hydrogen) atoms. The lowest BCUT2D eigenvalue weighted by Gasteiger charge is -2.19. The molecule has 0 saturated heterocycles. The minimum absolute atomic E-state index is 0.0545. The second kappa shape index (κ2) is 8.87. The zero-order valence-corrected chi connectivity index (χ0v) is 22.2. The highest BCUT2D eigenvalue weighted by Crippen LogP contribution is 2.37. The maximum atomic E-state index is 13.0. The molecule has 3 heterocycles. The van der Waals surface area contributed by atoms with E-state index in [2.05, 4.69) is 36.5 Å². The van der Waals surface area contributed by atoms with Gasteiger partial charge in [0.05, 0.1) is 16.8 Å². The smallest absolute Gasteiger partial charge is 0.261 e. The summed E-state index contributed by atoms with van der Waals surface area (Å²) >= 11 is 1.60. The molecule has 8 heteroatoms. The lowest BCUT2D eigenvalue weighted by atomic mass is 9.87. The van der Waals surface area contributed by atoms with Crippen molar-refractivity contribution in [1.82, 2.24) is 9.88 Å². The van der Waals surface area contributed by atoms with Crippen LogP contribution in [-0.2, 0) is 22.0 Å². The van der Waals surface area contributed by atoms with Crippen molar-refractivity contribution in [3.8, 4) is 20.9 Å². The molecule has 0 aliphatic carbocycles. The number of hydrogen-bond acceptors (Lipinski definition) is 5. The van der Waals surface area contributed by atoms with Gasteiger partial charge in [-0.2, -0.15) is 0 Å². The van der Waals surface area contributed by atoms with Crippen LogP contribution < -0.4 is 4.72 Å². The Morgan fingerprint density at radius 1 is 0.917 bits per heavy atom. The summed E-state index contributed by atoms with van der Waals surface area (Å²) < 4.78 is 28.6. The van der Waals surface area contributed by atoms with E-state index in [0.29, 0.717) is 12.2 Å². The van der Waals surface area contributed by atoms with Crippen LogP contribution in [0.15, 0.2) is 78.0 Å². The van der Waals surface area contributed by atoms with E-state index in [9.17, 15) is 13.2 Å². The monoisotopic (exact) mass is 517 g/mol. The van der Waals surface area contributed by atoms with Gasteiger partial charge in [0.1, 0.15) is 0 Å². The fourth-order valence-corrected chi connectivity index (χ4v) is 6.26. The summed E-state index contributed by atoms with van der Waals surface area (Å²) in [7, 11) is -1.94. The van der Waals surface area contributed by atoms with Crippen LogP contribution in [0.4, 0.5) is 5.69 Å². The molecule has 1 amide bonds. The van der Waals surface area contributed by atoms with Crippen LogP contribution in [0.2, 0.25) is 0 Å². The van der Waals surface area contributed by atoms with Gasteiger partial charge in [-0.15, -0.1) is 11.3 Å². The Morgan fingerprint density at radius 2 is 1.61 bits per heavy atom. The third kappa shape index (κ3) is 4.66. The van der Waals surface area contributed by atoms with Gasteiger partial charge in [0.15, 0.2) is 0 Å². The van der Waals surface area contributed by atoms with Gasteiger partial charge in [0, 0.05) is 40.7 Å². The molecule has 1 N–H and O–H groups in total. The second-order valence-electron chi connectivity index (χ2n) is 10.0. The quantitative estimate of drug-likeness (QED) is 0.344. The molecular formula is C28H27N3O3S2. The van der Waals surface area contributed by atoms with Crippen molar-refractivity contribution < 1.29 is 13.2 Å². The maximum Gasteiger partial charge on any atom is 0.261 e. The zero-order valence-electron chi connectivity index (χ0n) is 20.6. The van der Waals surface area contributed by atoms with Crippen LogP contribution in [0.5, 0.6) is 0 Å². The Hall–Kier alpha value is -3.49. The number of pyridine rings is 1. The van der Waals surface area contributed by atoms with Crippen molar-refractivity contribution in [2.24, 2.45) is 0 Å². The number of carbonyl (C=O) groups is 1. The molecule has 2 aromatic carbocycles. The predicted molar refractivity (Wildman–Crippen MR) is 145 cm³/mol. The van der Waals surface area contributed by atoms with E-state index in [-0.39, 0.29) is 16.2 Å². The van der Waals surface area contributed by atoms with Crippen molar-refractivity contribution >= 4 is 33.0 Å². The average molecular weight is 518 g/mol. The average Bonchev–Trinajstić information content (AvgIpc) is 3.43. The number of hydrogen-bond donors (Lipinski definition) is 1. The first-order valence-corrected chi connectivity index (χ1v) is 13.9. The number of carbonyl (C=O) groups excluding carboxylic acids is 1. The number of aromatic nitrogens is 1. The van der Waals surface area contributed by atoms with Crippen LogP contribution in [-0.4, -0.2) is 31.3 Å². The summed E-state index contributed by atoms with van der Waals surface area (Å²) in [6.07, 6.45) is 3.23. The number of anilines is 1. The second-order valence-corrected chi connectivity index (χ2v) is 12.8. The van der Waals surface area contributed by atoms with Crippen LogP contribution in [0.1, 0.15) is 42.3 Å². The normalized spacial score (nSPS) is 13.7. The molecular weight excluding hydrogens is 490 g/mol. The number of thiophene rings is 1. The molecule has 5 rings (SSSR count). The highest BCUT2D eigenvalue weighted by Gasteiger charge is 2.24. The van der Waals surface area contributed by atoms with Crippen LogP contribution in [0, 0.1) is 0 Å². The number of amides is 1. The molecule has 0 radical (unpaired) electrons. The van der Waals surface area contributed by atoms with Gasteiger partial charge in [-0.3, -0.25) is 14.5 Å². The Balaban J connectivity index is 1.37. The van der Waals surface area contributed by atoms with E-state index in [1.165, 1.54) is 6.20 Å². The van der Waals surface area contributed by atoms with Gasteiger partial charge in [0.25, 0.3) is 15.9 Å². The molecule has 4 aromatic rings. The summed E-state index contributed by atoms with van der Waals surface area (Å²) in [4.78, 5) is 20.4. The number of nitrogens with one attached hydrogen (secondary N) is 1. The van der Waals surface area contributed by atoms with Gasteiger partial charge in [0.2, 0.25) is 0 Å². The number of benzene rings is 2. The van der Waals surface area contributed by atoms with E-state index in [1.807, 2.05) is 36.4 Å². The SMILES string of the molecule is CN1Cc2cc(-c3ccc(-c4cncc(NS(=O)(=O)c5ccc(C(C)(C)C)cc5)c4)s3)ccc2C1=O. The van der Waals surface area contributed by atoms with Crippen molar-refractivity contribution in [1.29, 1.82) is 0 Å². The molecule has 1 aliphatic rings. The first kappa shape index (κ1) is 24.2. The number of nitrogens with zero attached hydrogens (tertiary/aromatic N) is 2. The largest absolute Gasteiger partial charge is 0.337 e. The summed E-state index contributed by atoms with van der Waals surface area (Å²) in [6.45, 7) is 6.88. The lowest BCUT2D eigenvalue weighted by Crippen LogP contribution is -2.17. The van der Waals surface area contributed by atoms with Crippen LogP contribution in [0.25, 0.3) is 20.9 Å². The van der Waals surface area contributed by atoms with Crippen molar-refractivity contribution in [3.63, 3.8) is 0 Å². The van der Waals surface area contributed by atoms with Gasteiger partial charge in [-0.05, 0) is 64.6 Å². The standard InChI is InChI=1S/C28H27N3O3S2/c1-28(2,3)21-6-8-23(9-7-21)36(33,34)30-22-14-19(15-29-16-22)26-12-11-25(35-26)18-5-10-24-20(13-18)17-31(4)27(24)32/h5-16,30H,17H2,1-4H3. The van der Waals surface area contributed by atoms with Gasteiger partial charge < -0.3 is 4.90 Å². The van der Waals surface area contributed by atoms with E-state index >= 15 is 0 Å². The lowest BCUT2D eigenvalue weighted by molar-refractivity contribution is 0.0816. The molecule has 0 saturated carbocycles. The molecule has 0 atom stereocenters. The third-order valence-corrected chi connectivity index (χ3v) is 8.87. The molecule has 0 bridgehead atoms. The van der Waals surface area contributed by atoms with Gasteiger partial charge >= 0.3 is 0 Å². The predicted octanol–water partition coefficient (Wildman–Crippen LogP) is 6.16. The first-order chi connectivity index (χ1) is 17.0. The first-order valence-electron chi connectivity index (χ1n) is 11.6. The molecule has 1 aliphatic heterocycles. The van der Waals surface area contributed by atoms with E-state index in [0.717, 1.165) is 37.6 Å². The van der Waals surface area contributed by atoms with E-state index in [4.69, 9.17) is 0 Å². The fourth-order valence-electron chi connectivity index (χ4n) is 4.25. The summed E-state index contributed by atoms with van der Waals surface area (Å²) in [6, 6.07) is 18.7. The summed E-state index contributed by atoms with van der Waals surface area (Å²) in [5.74, 6) is 0.0545. The fraction of sp³-hybridized carbons (Fsp3) is 0.214. The Morgan fingerprint density at radius 3 is 2.31 bits per heavy atom. The highest BCUT2D eigenvalue weighted by atomic mass is 32.2. The molecule has 2 aromatic heterocycles. The van der Waals surface area contributed by atoms with Crippen molar-refractivity contribution in [3.05, 3.63) is 89.7 Å². The molecule has 0 fully saturated rings. The zero-order chi connectivity index (χ0) is 25.7. The molecule has 0 unspecified atom stereocenters. The van der Waals surface area contributed by atoms with Gasteiger partial charge in [-0.25, -0.2) is 8.42 Å². The Kier molecular flexibility index (Phi) is 5.97. The van der Waals surface area contributed by atoms with Crippen LogP contribution in [0.3, 0.4) is 0 Å². The minimum atomic E-state index is -3.75. The number of rotatable bonds is 5. The molecule has 6 nitrogen and oxygen atoms in total. The summed E-state index contributed by atoms with van der Waals surface area (Å²) in [5, 5.41) is 0. The van der Waals surface area contributed by atoms with E-state index in [1.54, 1.807) is 47.7 Å². The summed E-state index contributed by atoms with van der Waals surface area (Å²) in [5.41, 5.74) is 5.09. The number of fused-ring (bicyclic) bond motifs is 1. The topological polar surface area (TPSA) is 79.4 Å². The Labute approximate surface area is 215 Å².